The van der Waals surface area contributed by atoms with Gasteiger partial charge >= 0.3 is 0 Å². The molecule has 1 fully saturated rings. The van der Waals surface area contributed by atoms with Crippen LogP contribution in [0.3, 0.4) is 0 Å². The molecule has 0 aromatic heterocycles. The van der Waals surface area contributed by atoms with Crippen molar-refractivity contribution in [3.8, 4) is 0 Å². The van der Waals surface area contributed by atoms with Crippen LogP contribution in [0.15, 0.2) is 18.2 Å². The second-order valence-electron chi connectivity index (χ2n) is 5.45. The third kappa shape index (κ3) is 3.94. The molecule has 0 aliphatic heterocycles. The van der Waals surface area contributed by atoms with Gasteiger partial charge in [0.1, 0.15) is 5.82 Å². The van der Waals surface area contributed by atoms with Gasteiger partial charge in [-0.05, 0) is 37.5 Å². The molecule has 4 heteroatoms. The Bertz CT molecular complexity index is 457. The minimum Gasteiger partial charge on any atom is -0.383 e. The monoisotopic (exact) mass is 264 g/mol. The number of halogens is 1. The van der Waals surface area contributed by atoms with E-state index in [1.54, 1.807) is 12.1 Å². The molecule has 104 valence electrons. The van der Waals surface area contributed by atoms with E-state index in [-0.39, 0.29) is 11.6 Å². The predicted octanol–water partition coefficient (Wildman–Crippen LogP) is 3.77. The lowest BCUT2D eigenvalue weighted by Gasteiger charge is -2.29. The molecule has 0 saturated heterocycles. The Balaban J connectivity index is 1.97. The topological polar surface area (TPSA) is 41.1 Å². The van der Waals surface area contributed by atoms with E-state index in [2.05, 4.69) is 17.6 Å². The van der Waals surface area contributed by atoms with Gasteiger partial charge in [-0.1, -0.05) is 19.3 Å². The van der Waals surface area contributed by atoms with Crippen molar-refractivity contribution in [2.75, 3.05) is 10.6 Å². The minimum absolute atomic E-state index is 0.230. The lowest BCUT2D eigenvalue weighted by Crippen LogP contribution is -2.23. The van der Waals surface area contributed by atoms with Gasteiger partial charge in [-0.2, -0.15) is 0 Å². The van der Waals surface area contributed by atoms with Gasteiger partial charge < -0.3 is 10.6 Å². The molecule has 1 aromatic carbocycles. The molecule has 0 bridgehead atoms. The van der Waals surface area contributed by atoms with E-state index in [4.69, 9.17) is 0 Å². The van der Waals surface area contributed by atoms with E-state index in [0.29, 0.717) is 6.04 Å². The first-order valence-corrected chi connectivity index (χ1v) is 6.88. The van der Waals surface area contributed by atoms with Crippen LogP contribution in [0.1, 0.15) is 39.5 Å². The summed E-state index contributed by atoms with van der Waals surface area (Å²) in [5.41, 5.74) is 1.07. The van der Waals surface area contributed by atoms with Crippen molar-refractivity contribution >= 4 is 17.3 Å². The number of rotatable bonds is 5. The Morgan fingerprint density at radius 3 is 2.79 bits per heavy atom. The Morgan fingerprint density at radius 1 is 1.47 bits per heavy atom. The van der Waals surface area contributed by atoms with E-state index in [1.165, 1.54) is 32.3 Å². The molecule has 2 N–H and O–H groups in total. The van der Waals surface area contributed by atoms with Crippen molar-refractivity contribution in [3.63, 3.8) is 0 Å². The maximum atomic E-state index is 13.5. The number of benzene rings is 1. The van der Waals surface area contributed by atoms with Crippen LogP contribution in [0, 0.1) is 11.7 Å². The Labute approximate surface area is 113 Å². The quantitative estimate of drug-likeness (QED) is 0.850. The summed E-state index contributed by atoms with van der Waals surface area (Å²) in [6.45, 7) is 3.51. The highest BCUT2D eigenvalue weighted by molar-refractivity contribution is 5.89. The summed E-state index contributed by atoms with van der Waals surface area (Å²) in [6.07, 6.45) is 5.15. The number of carbonyl (C=O) groups excluding carboxylic acids is 1. The third-order valence-electron chi connectivity index (χ3n) is 3.60. The lowest BCUT2D eigenvalue weighted by atomic mass is 9.81. The van der Waals surface area contributed by atoms with Gasteiger partial charge in [-0.25, -0.2) is 4.39 Å². The standard InChI is InChI=1S/C15H21FN2O/c1-10(8-12-4-3-5-12)17-13-6-7-14(16)15(9-13)18-11(2)19/h6-7,9-10,12,17H,3-5,8H2,1-2H3,(H,18,19). The summed E-state index contributed by atoms with van der Waals surface area (Å²) in [5, 5.41) is 5.86. The molecule has 1 saturated carbocycles. The summed E-state index contributed by atoms with van der Waals surface area (Å²) in [5.74, 6) is 0.156. The largest absolute Gasteiger partial charge is 0.383 e. The van der Waals surface area contributed by atoms with Crippen molar-refractivity contribution in [3.05, 3.63) is 24.0 Å². The summed E-state index contributed by atoms with van der Waals surface area (Å²) in [7, 11) is 0. The number of amides is 1. The van der Waals surface area contributed by atoms with Crippen LogP contribution in [0.25, 0.3) is 0 Å². The first-order valence-electron chi connectivity index (χ1n) is 6.88. The average molecular weight is 264 g/mol. The highest BCUT2D eigenvalue weighted by atomic mass is 19.1. The van der Waals surface area contributed by atoms with Crippen molar-refractivity contribution in [1.29, 1.82) is 0 Å². The van der Waals surface area contributed by atoms with E-state index in [9.17, 15) is 9.18 Å². The minimum atomic E-state index is -0.410. The Kier molecular flexibility index (Phi) is 4.40. The molecule has 0 heterocycles. The zero-order valence-corrected chi connectivity index (χ0v) is 11.5. The van der Waals surface area contributed by atoms with Crippen LogP contribution < -0.4 is 10.6 Å². The number of hydrogen-bond acceptors (Lipinski definition) is 2. The molecular weight excluding hydrogens is 243 g/mol. The van der Waals surface area contributed by atoms with Gasteiger partial charge in [0.2, 0.25) is 5.91 Å². The van der Waals surface area contributed by atoms with Crippen LogP contribution in [-0.4, -0.2) is 11.9 Å². The first-order chi connectivity index (χ1) is 9.04. The van der Waals surface area contributed by atoms with Crippen molar-refractivity contribution in [2.24, 2.45) is 5.92 Å². The van der Waals surface area contributed by atoms with Crippen molar-refractivity contribution in [1.82, 2.24) is 0 Å². The van der Waals surface area contributed by atoms with E-state index in [0.717, 1.165) is 18.0 Å². The molecule has 1 aromatic rings. The highest BCUT2D eigenvalue weighted by Crippen LogP contribution is 2.31. The van der Waals surface area contributed by atoms with Crippen LogP contribution >= 0.6 is 0 Å². The molecule has 1 atom stereocenters. The smallest absolute Gasteiger partial charge is 0.221 e. The van der Waals surface area contributed by atoms with Crippen LogP contribution in [0.5, 0.6) is 0 Å². The SMILES string of the molecule is CC(=O)Nc1cc(NC(C)CC2CCC2)ccc1F. The van der Waals surface area contributed by atoms with E-state index in [1.807, 2.05) is 0 Å². The summed E-state index contributed by atoms with van der Waals surface area (Å²) >= 11 is 0. The molecule has 1 aliphatic carbocycles. The summed E-state index contributed by atoms with van der Waals surface area (Å²) in [6, 6.07) is 5.09. The van der Waals surface area contributed by atoms with Gasteiger partial charge in [0.25, 0.3) is 0 Å². The van der Waals surface area contributed by atoms with Crippen molar-refractivity contribution in [2.45, 2.75) is 45.6 Å². The fraction of sp³-hybridized carbons (Fsp3) is 0.533. The summed E-state index contributed by atoms with van der Waals surface area (Å²) < 4.78 is 13.5. The fourth-order valence-corrected chi connectivity index (χ4v) is 2.47. The molecule has 1 unspecified atom stereocenters. The zero-order valence-electron chi connectivity index (χ0n) is 11.5. The third-order valence-corrected chi connectivity index (χ3v) is 3.60. The first kappa shape index (κ1) is 13.8. The number of hydrogen-bond donors (Lipinski definition) is 2. The van der Waals surface area contributed by atoms with Gasteiger partial charge in [-0.3, -0.25) is 4.79 Å². The average Bonchev–Trinajstić information content (AvgIpc) is 2.28. The maximum absolute atomic E-state index is 13.5. The van der Waals surface area contributed by atoms with E-state index >= 15 is 0 Å². The van der Waals surface area contributed by atoms with E-state index < -0.39 is 5.82 Å². The molecule has 0 radical (unpaired) electrons. The van der Waals surface area contributed by atoms with Crippen LogP contribution in [0.4, 0.5) is 15.8 Å². The van der Waals surface area contributed by atoms with Crippen LogP contribution in [-0.2, 0) is 4.79 Å². The summed E-state index contributed by atoms with van der Waals surface area (Å²) in [4.78, 5) is 11.0. The highest BCUT2D eigenvalue weighted by Gasteiger charge is 2.19. The molecule has 19 heavy (non-hydrogen) atoms. The molecule has 3 nitrogen and oxygen atoms in total. The zero-order chi connectivity index (χ0) is 13.8. The van der Waals surface area contributed by atoms with Gasteiger partial charge in [0.05, 0.1) is 5.69 Å². The second kappa shape index (κ2) is 6.04. The molecule has 1 amide bonds. The normalized spacial score (nSPS) is 16.6. The second-order valence-corrected chi connectivity index (χ2v) is 5.45. The van der Waals surface area contributed by atoms with Crippen LogP contribution in [0.2, 0.25) is 0 Å². The lowest BCUT2D eigenvalue weighted by molar-refractivity contribution is -0.114. The molecule has 1 aliphatic rings. The number of nitrogens with one attached hydrogen (secondary N) is 2. The number of carbonyl (C=O) groups is 1. The molecule has 0 spiro atoms. The molecular formula is C15H21FN2O. The Morgan fingerprint density at radius 2 is 2.21 bits per heavy atom. The maximum Gasteiger partial charge on any atom is 0.221 e. The van der Waals surface area contributed by atoms with Crippen molar-refractivity contribution < 1.29 is 9.18 Å². The fourth-order valence-electron chi connectivity index (χ4n) is 2.47. The predicted molar refractivity (Wildman–Crippen MR) is 75.7 cm³/mol. The van der Waals surface area contributed by atoms with Gasteiger partial charge in [-0.15, -0.1) is 0 Å². The Hall–Kier alpha value is -1.58. The molecule has 2 rings (SSSR count). The van der Waals surface area contributed by atoms with Gasteiger partial charge in [0, 0.05) is 18.7 Å². The van der Waals surface area contributed by atoms with Gasteiger partial charge in [0.15, 0.2) is 0 Å². The number of anilines is 2.